The molecule has 1 atom stereocenters. The average Bonchev–Trinajstić information content (AvgIpc) is 2.68. The third-order valence-corrected chi connectivity index (χ3v) is 5.06. The molecule has 0 aliphatic carbocycles. The first kappa shape index (κ1) is 20.3. The van der Waals surface area contributed by atoms with E-state index in [9.17, 15) is 18.0 Å². The molecule has 0 aliphatic heterocycles. The Morgan fingerprint density at radius 3 is 2.28 bits per heavy atom. The van der Waals surface area contributed by atoms with E-state index in [1.165, 1.54) is 31.2 Å². The standard InChI is InChI=1S/C20H18N4O4S/c1-13(25)19(24-23-15-9-11-16(12-10-15)29(21,27)28)20(26)22-18-8-4-6-14-5-2-3-7-17(14)18/h2-12,19H,1H3,(H,22,26)(H2,21,27,28)/t19-/m0/s1. The van der Waals surface area contributed by atoms with Gasteiger partial charge < -0.3 is 5.32 Å². The van der Waals surface area contributed by atoms with Gasteiger partial charge in [0.05, 0.1) is 10.6 Å². The number of azo groups is 1. The van der Waals surface area contributed by atoms with Crippen molar-refractivity contribution in [3.63, 3.8) is 0 Å². The molecule has 3 N–H and O–H groups in total. The summed E-state index contributed by atoms with van der Waals surface area (Å²) in [7, 11) is -3.82. The van der Waals surface area contributed by atoms with E-state index in [2.05, 4.69) is 15.5 Å². The smallest absolute Gasteiger partial charge is 0.258 e. The summed E-state index contributed by atoms with van der Waals surface area (Å²) in [6.07, 6.45) is 0. The highest BCUT2D eigenvalue weighted by molar-refractivity contribution is 7.89. The van der Waals surface area contributed by atoms with Crippen LogP contribution in [-0.4, -0.2) is 26.2 Å². The summed E-state index contributed by atoms with van der Waals surface area (Å²) in [5.41, 5.74) is 0.841. The second-order valence-electron chi connectivity index (χ2n) is 6.28. The number of rotatable bonds is 6. The van der Waals surface area contributed by atoms with Crippen molar-refractivity contribution in [2.45, 2.75) is 17.9 Å². The molecule has 0 bridgehead atoms. The molecule has 8 nitrogen and oxygen atoms in total. The highest BCUT2D eigenvalue weighted by Crippen LogP contribution is 2.23. The average molecular weight is 410 g/mol. The van der Waals surface area contributed by atoms with Crippen molar-refractivity contribution in [1.29, 1.82) is 0 Å². The third kappa shape index (κ3) is 4.89. The number of sulfonamides is 1. The van der Waals surface area contributed by atoms with E-state index in [0.29, 0.717) is 5.69 Å². The maximum Gasteiger partial charge on any atom is 0.258 e. The number of carbonyl (C=O) groups excluding carboxylic acids is 2. The number of ketones is 1. The van der Waals surface area contributed by atoms with Gasteiger partial charge in [-0.3, -0.25) is 9.59 Å². The minimum absolute atomic E-state index is 0.0757. The molecule has 0 saturated heterocycles. The van der Waals surface area contributed by atoms with Crippen LogP contribution in [0.4, 0.5) is 11.4 Å². The fourth-order valence-electron chi connectivity index (χ4n) is 2.68. The molecule has 0 fully saturated rings. The van der Waals surface area contributed by atoms with Gasteiger partial charge in [0, 0.05) is 11.1 Å². The van der Waals surface area contributed by atoms with Gasteiger partial charge in [0.25, 0.3) is 5.91 Å². The summed E-state index contributed by atoms with van der Waals surface area (Å²) < 4.78 is 22.6. The van der Waals surface area contributed by atoms with Crippen LogP contribution in [0.3, 0.4) is 0 Å². The van der Waals surface area contributed by atoms with Gasteiger partial charge in [-0.1, -0.05) is 36.4 Å². The van der Waals surface area contributed by atoms with Crippen LogP contribution >= 0.6 is 0 Å². The van der Waals surface area contributed by atoms with Gasteiger partial charge >= 0.3 is 0 Å². The van der Waals surface area contributed by atoms with Crippen LogP contribution in [0.15, 0.2) is 81.9 Å². The largest absolute Gasteiger partial charge is 0.323 e. The van der Waals surface area contributed by atoms with Crippen LogP contribution < -0.4 is 10.5 Å². The number of nitrogens with two attached hydrogens (primary N) is 1. The van der Waals surface area contributed by atoms with E-state index in [4.69, 9.17) is 5.14 Å². The molecule has 3 aromatic rings. The summed E-state index contributed by atoms with van der Waals surface area (Å²) >= 11 is 0. The number of anilines is 1. The lowest BCUT2D eigenvalue weighted by molar-refractivity contribution is -0.126. The summed E-state index contributed by atoms with van der Waals surface area (Å²) in [5.74, 6) is -1.09. The van der Waals surface area contributed by atoms with Crippen molar-refractivity contribution >= 4 is 43.9 Å². The zero-order valence-corrected chi connectivity index (χ0v) is 16.3. The van der Waals surface area contributed by atoms with Gasteiger partial charge in [0.2, 0.25) is 16.1 Å². The molecule has 0 aliphatic rings. The lowest BCUT2D eigenvalue weighted by Gasteiger charge is -2.11. The Balaban J connectivity index is 1.81. The van der Waals surface area contributed by atoms with E-state index in [1.807, 2.05) is 30.3 Å². The zero-order valence-electron chi connectivity index (χ0n) is 15.4. The quantitative estimate of drug-likeness (QED) is 0.477. The molecule has 0 unspecified atom stereocenters. The Hall–Kier alpha value is -3.43. The van der Waals surface area contributed by atoms with Crippen LogP contribution in [-0.2, 0) is 19.6 Å². The van der Waals surface area contributed by atoms with Crippen LogP contribution in [0.5, 0.6) is 0 Å². The van der Waals surface area contributed by atoms with Crippen LogP contribution in [0, 0.1) is 0 Å². The lowest BCUT2D eigenvalue weighted by Crippen LogP contribution is -2.31. The predicted molar refractivity (Wildman–Crippen MR) is 109 cm³/mol. The second kappa shape index (κ2) is 8.29. The molecule has 3 rings (SSSR count). The van der Waals surface area contributed by atoms with Gasteiger partial charge in [-0.05, 0) is 42.6 Å². The first-order valence-corrected chi connectivity index (χ1v) is 10.1. The number of benzene rings is 3. The normalized spacial score (nSPS) is 12.8. The van der Waals surface area contributed by atoms with E-state index in [-0.39, 0.29) is 10.6 Å². The van der Waals surface area contributed by atoms with Gasteiger partial charge in [0.1, 0.15) is 0 Å². The third-order valence-electron chi connectivity index (χ3n) is 4.13. The number of Topliss-reactive ketones (excluding diaryl/α,β-unsaturated/α-hetero) is 1. The van der Waals surface area contributed by atoms with Crippen LogP contribution in [0.25, 0.3) is 10.8 Å². The monoisotopic (exact) mass is 410 g/mol. The SMILES string of the molecule is CC(=O)[C@H](N=Nc1ccc(S(N)(=O)=O)cc1)C(=O)Nc1cccc2ccccc12. The fraction of sp³-hybridized carbons (Fsp3) is 0.100. The lowest BCUT2D eigenvalue weighted by atomic mass is 10.1. The zero-order chi connectivity index (χ0) is 21.0. The summed E-state index contributed by atoms with van der Waals surface area (Å²) in [5, 5.41) is 17.3. The van der Waals surface area contributed by atoms with E-state index < -0.39 is 27.8 Å². The Labute approximate surface area is 167 Å². The molecule has 9 heteroatoms. The number of hydrogen-bond acceptors (Lipinski definition) is 6. The predicted octanol–water partition coefficient (Wildman–Crippen LogP) is 3.17. The molecule has 1 amide bonds. The molecule has 29 heavy (non-hydrogen) atoms. The highest BCUT2D eigenvalue weighted by Gasteiger charge is 2.23. The topological polar surface area (TPSA) is 131 Å². The van der Waals surface area contributed by atoms with Crippen LogP contribution in [0.1, 0.15) is 6.92 Å². The van der Waals surface area contributed by atoms with Crippen molar-refractivity contribution < 1.29 is 18.0 Å². The van der Waals surface area contributed by atoms with Crippen molar-refractivity contribution in [3.8, 4) is 0 Å². The summed E-state index contributed by atoms with van der Waals surface area (Å²) in [6, 6.07) is 16.9. The first-order chi connectivity index (χ1) is 13.8. The Morgan fingerprint density at radius 1 is 0.966 bits per heavy atom. The number of amides is 1. The number of hydrogen-bond donors (Lipinski definition) is 2. The minimum Gasteiger partial charge on any atom is -0.323 e. The van der Waals surface area contributed by atoms with Gasteiger partial charge in [-0.25, -0.2) is 13.6 Å². The molecule has 148 valence electrons. The molecule has 0 radical (unpaired) electrons. The summed E-state index contributed by atoms with van der Waals surface area (Å²) in [4.78, 5) is 24.5. The van der Waals surface area contributed by atoms with Crippen molar-refractivity contribution in [1.82, 2.24) is 0 Å². The molecule has 0 heterocycles. The van der Waals surface area contributed by atoms with Crippen molar-refractivity contribution in [2.24, 2.45) is 15.4 Å². The van der Waals surface area contributed by atoms with Gasteiger partial charge in [-0.15, -0.1) is 0 Å². The molecule has 0 spiro atoms. The van der Waals surface area contributed by atoms with Gasteiger partial charge in [-0.2, -0.15) is 10.2 Å². The van der Waals surface area contributed by atoms with E-state index in [0.717, 1.165) is 10.8 Å². The van der Waals surface area contributed by atoms with Crippen molar-refractivity contribution in [2.75, 3.05) is 5.32 Å². The number of carbonyl (C=O) groups is 2. The fourth-order valence-corrected chi connectivity index (χ4v) is 3.20. The Morgan fingerprint density at radius 2 is 1.62 bits per heavy atom. The highest BCUT2D eigenvalue weighted by atomic mass is 32.2. The van der Waals surface area contributed by atoms with Gasteiger partial charge in [0.15, 0.2) is 5.78 Å². The maximum absolute atomic E-state index is 12.6. The first-order valence-electron chi connectivity index (χ1n) is 8.58. The molecule has 0 aromatic heterocycles. The van der Waals surface area contributed by atoms with Crippen LogP contribution in [0.2, 0.25) is 0 Å². The number of nitrogens with zero attached hydrogens (tertiary/aromatic N) is 2. The molecule has 3 aromatic carbocycles. The second-order valence-corrected chi connectivity index (χ2v) is 7.84. The summed E-state index contributed by atoms with van der Waals surface area (Å²) in [6.45, 7) is 1.25. The number of nitrogens with one attached hydrogen (secondary N) is 1. The van der Waals surface area contributed by atoms with Crippen molar-refractivity contribution in [3.05, 3.63) is 66.7 Å². The van der Waals surface area contributed by atoms with E-state index in [1.54, 1.807) is 12.1 Å². The Kier molecular flexibility index (Phi) is 5.81. The molecular formula is C20H18N4O4S. The molecular weight excluding hydrogens is 392 g/mol. The number of fused-ring (bicyclic) bond motifs is 1. The molecule has 0 saturated carbocycles. The van der Waals surface area contributed by atoms with E-state index >= 15 is 0 Å². The minimum atomic E-state index is -3.82. The maximum atomic E-state index is 12.6. The number of primary sulfonamides is 1. The Bertz CT molecular complexity index is 1200.